The number of carbonyl (C=O) groups excluding carboxylic acids is 1. The Balaban J connectivity index is 1.19. The van der Waals surface area contributed by atoms with Gasteiger partial charge in [-0.15, -0.1) is 0 Å². The Morgan fingerprint density at radius 1 is 0.979 bits per heavy atom. The first-order chi connectivity index (χ1) is 22.8. The topological polar surface area (TPSA) is 63.1 Å². The van der Waals surface area contributed by atoms with Crippen LogP contribution in [0.4, 0.5) is 10.3 Å². The van der Waals surface area contributed by atoms with E-state index in [1.54, 1.807) is 0 Å². The highest BCUT2D eigenvalue weighted by Crippen LogP contribution is 2.41. The Morgan fingerprint density at radius 2 is 1.83 bits per heavy atom. The van der Waals surface area contributed by atoms with Gasteiger partial charge in [0.1, 0.15) is 11.6 Å². The highest BCUT2D eigenvalue weighted by molar-refractivity contribution is 6.42. The number of ether oxygens (including phenoxy) is 2. The molecule has 1 aromatic heterocycles. The van der Waals surface area contributed by atoms with Gasteiger partial charge in [-0.1, -0.05) is 41.4 Å². The third kappa shape index (κ3) is 7.23. The van der Waals surface area contributed by atoms with Gasteiger partial charge in [0.25, 0.3) is 5.91 Å². The van der Waals surface area contributed by atoms with Gasteiger partial charge in [-0.2, -0.15) is 0 Å². The molecule has 0 bridgehead atoms. The summed E-state index contributed by atoms with van der Waals surface area (Å²) in [6.45, 7) is 9.66. The van der Waals surface area contributed by atoms with Crippen molar-refractivity contribution in [3.63, 3.8) is 0 Å². The molecule has 0 aliphatic carbocycles. The second-order valence-electron chi connectivity index (χ2n) is 12.4. The third-order valence-corrected chi connectivity index (χ3v) is 10.4. The van der Waals surface area contributed by atoms with Crippen LogP contribution in [0.5, 0.6) is 5.75 Å². The molecule has 2 aliphatic rings. The van der Waals surface area contributed by atoms with E-state index in [2.05, 4.69) is 32.6 Å². The molecule has 0 saturated carbocycles. The summed E-state index contributed by atoms with van der Waals surface area (Å²) in [6, 6.07) is 18.2. The average Bonchev–Trinajstić information content (AvgIpc) is 3.60. The second-order valence-corrected chi connectivity index (χ2v) is 13.2. The summed E-state index contributed by atoms with van der Waals surface area (Å²) in [5.41, 5.74) is 3.09. The summed E-state index contributed by atoms with van der Waals surface area (Å²) >= 11 is 12.9. The van der Waals surface area contributed by atoms with Crippen molar-refractivity contribution in [3.8, 4) is 5.75 Å². The van der Waals surface area contributed by atoms with Crippen LogP contribution in [0, 0.1) is 5.82 Å². The molecule has 3 aromatic carbocycles. The van der Waals surface area contributed by atoms with Gasteiger partial charge in [0, 0.05) is 51.3 Å². The molecule has 2 saturated heterocycles. The number of rotatable bonds is 11. The number of aromatic nitrogens is 2. The first-order valence-corrected chi connectivity index (χ1v) is 17.2. The van der Waals surface area contributed by atoms with Crippen molar-refractivity contribution in [3.05, 3.63) is 87.7 Å². The Bertz CT molecular complexity index is 1720. The molecule has 1 amide bonds. The van der Waals surface area contributed by atoms with Crippen LogP contribution in [-0.4, -0.2) is 91.4 Å². The predicted octanol–water partition coefficient (Wildman–Crippen LogP) is 6.91. The van der Waals surface area contributed by atoms with E-state index in [1.807, 2.05) is 36.1 Å². The monoisotopic (exact) mass is 681 g/mol. The maximum Gasteiger partial charge on any atom is 0.257 e. The highest BCUT2D eigenvalue weighted by Gasteiger charge is 2.42. The number of methoxy groups -OCH3 is 1. The Morgan fingerprint density at radius 3 is 2.64 bits per heavy atom. The number of amides is 1. The molecule has 2 aliphatic heterocycles. The quantitative estimate of drug-likeness (QED) is 0.160. The summed E-state index contributed by atoms with van der Waals surface area (Å²) in [4.78, 5) is 25.5. The van der Waals surface area contributed by atoms with Crippen LogP contribution in [0.2, 0.25) is 10.0 Å². The molecule has 6 rings (SSSR count). The minimum atomic E-state index is -0.468. The summed E-state index contributed by atoms with van der Waals surface area (Å²) < 4.78 is 27.6. The molecule has 1 atom stereocenters. The molecule has 1 unspecified atom stereocenters. The lowest BCUT2D eigenvalue weighted by molar-refractivity contribution is 0.0777. The molecular formula is C36H42Cl2FN5O3. The van der Waals surface area contributed by atoms with E-state index in [1.165, 1.54) is 25.3 Å². The number of likely N-dealkylation sites (tertiary alicyclic amines) is 1. The van der Waals surface area contributed by atoms with Gasteiger partial charge in [0.05, 0.1) is 40.4 Å². The van der Waals surface area contributed by atoms with Crippen LogP contribution < -0.4 is 9.64 Å². The molecule has 4 aromatic rings. The first kappa shape index (κ1) is 33.5. The fraction of sp³-hybridized carbons (Fsp3) is 0.444. The van der Waals surface area contributed by atoms with Gasteiger partial charge in [0.15, 0.2) is 0 Å². The van der Waals surface area contributed by atoms with E-state index in [0.29, 0.717) is 42.1 Å². The molecule has 0 radical (unpaired) electrons. The van der Waals surface area contributed by atoms with Crippen molar-refractivity contribution in [2.24, 2.45) is 0 Å². The number of benzene rings is 3. The zero-order valence-corrected chi connectivity index (χ0v) is 28.6. The number of imidazole rings is 1. The molecule has 0 spiro atoms. The zero-order valence-electron chi connectivity index (χ0n) is 27.1. The average molecular weight is 683 g/mol. The standard InChI is InChI=1S/C36H42Cl2FN5O3/c1-3-47-22-21-44-32-8-5-4-7-31(32)40-35(44)42-16-6-15-41(19-20-42)17-13-36(26-9-11-29(37)30(38)23-26)14-18-43(25-36)34(45)28-24-27(39)10-12-33(28)46-2/h4-5,7-12,23-24H,3,6,13-22,25H2,1-2H3. The van der Waals surface area contributed by atoms with E-state index >= 15 is 0 Å². The van der Waals surface area contributed by atoms with Gasteiger partial charge >= 0.3 is 0 Å². The van der Waals surface area contributed by atoms with E-state index in [0.717, 1.165) is 81.1 Å². The van der Waals surface area contributed by atoms with Crippen molar-refractivity contribution in [2.75, 3.05) is 71.0 Å². The number of para-hydroxylation sites is 2. The maximum absolute atomic E-state index is 14.2. The van der Waals surface area contributed by atoms with Crippen LogP contribution in [0.15, 0.2) is 60.7 Å². The molecule has 2 fully saturated rings. The Hall–Kier alpha value is -3.37. The molecule has 0 N–H and O–H groups in total. The van der Waals surface area contributed by atoms with Crippen molar-refractivity contribution < 1.29 is 18.7 Å². The number of hydrogen-bond acceptors (Lipinski definition) is 6. The van der Waals surface area contributed by atoms with Crippen LogP contribution >= 0.6 is 23.2 Å². The van der Waals surface area contributed by atoms with Crippen molar-refractivity contribution >= 4 is 46.1 Å². The molecule has 3 heterocycles. The Kier molecular flexibility index (Phi) is 10.6. The predicted molar refractivity (Wildman–Crippen MR) is 186 cm³/mol. The van der Waals surface area contributed by atoms with Gasteiger partial charge in [-0.3, -0.25) is 4.79 Å². The smallest absolute Gasteiger partial charge is 0.257 e. The SMILES string of the molecule is CCOCCn1c(N2CCCN(CCC3(c4ccc(Cl)c(Cl)c4)CCN(C(=O)c4cc(F)ccc4OC)C3)CC2)nc2ccccc21. The van der Waals surface area contributed by atoms with Gasteiger partial charge in [-0.25, -0.2) is 9.37 Å². The number of fused-ring (bicyclic) bond motifs is 1. The second kappa shape index (κ2) is 14.8. The van der Waals surface area contributed by atoms with E-state index < -0.39 is 5.82 Å². The molecular weight excluding hydrogens is 640 g/mol. The van der Waals surface area contributed by atoms with E-state index in [-0.39, 0.29) is 16.9 Å². The lowest BCUT2D eigenvalue weighted by Gasteiger charge is -2.33. The highest BCUT2D eigenvalue weighted by atomic mass is 35.5. The number of nitrogens with zero attached hydrogens (tertiary/aromatic N) is 5. The normalized spacial score (nSPS) is 19.0. The number of anilines is 1. The minimum absolute atomic E-state index is 0.234. The van der Waals surface area contributed by atoms with Gasteiger partial charge < -0.3 is 28.7 Å². The number of hydrogen-bond donors (Lipinski definition) is 0. The summed E-state index contributed by atoms with van der Waals surface area (Å²) in [5.74, 6) is 0.659. The third-order valence-electron chi connectivity index (χ3n) is 9.64. The Labute approximate surface area is 285 Å². The maximum atomic E-state index is 14.2. The van der Waals surface area contributed by atoms with Crippen LogP contribution in [-0.2, 0) is 16.7 Å². The fourth-order valence-electron chi connectivity index (χ4n) is 7.06. The van der Waals surface area contributed by atoms with Crippen molar-refractivity contribution in [1.82, 2.24) is 19.4 Å². The molecule has 250 valence electrons. The largest absolute Gasteiger partial charge is 0.496 e. The van der Waals surface area contributed by atoms with E-state index in [4.69, 9.17) is 37.7 Å². The van der Waals surface area contributed by atoms with Crippen molar-refractivity contribution in [1.29, 1.82) is 0 Å². The minimum Gasteiger partial charge on any atom is -0.496 e. The first-order valence-electron chi connectivity index (χ1n) is 16.4. The lowest BCUT2D eigenvalue weighted by atomic mass is 9.76. The van der Waals surface area contributed by atoms with E-state index in [9.17, 15) is 9.18 Å². The summed E-state index contributed by atoms with van der Waals surface area (Å²) in [5, 5.41) is 0.999. The lowest BCUT2D eigenvalue weighted by Crippen LogP contribution is -2.39. The number of halogens is 3. The zero-order chi connectivity index (χ0) is 33.0. The van der Waals surface area contributed by atoms with Crippen molar-refractivity contribution in [2.45, 2.75) is 38.1 Å². The van der Waals surface area contributed by atoms with Gasteiger partial charge in [0.2, 0.25) is 5.95 Å². The summed E-state index contributed by atoms with van der Waals surface area (Å²) in [7, 11) is 1.49. The van der Waals surface area contributed by atoms with Gasteiger partial charge in [-0.05, 0) is 87.3 Å². The van der Waals surface area contributed by atoms with Crippen LogP contribution in [0.1, 0.15) is 42.1 Å². The number of carbonyl (C=O) groups is 1. The van der Waals surface area contributed by atoms with Crippen LogP contribution in [0.25, 0.3) is 11.0 Å². The van der Waals surface area contributed by atoms with Crippen LogP contribution in [0.3, 0.4) is 0 Å². The fourth-order valence-corrected chi connectivity index (χ4v) is 7.36. The molecule has 11 heteroatoms. The molecule has 47 heavy (non-hydrogen) atoms. The molecule has 8 nitrogen and oxygen atoms in total. The summed E-state index contributed by atoms with van der Waals surface area (Å²) in [6.07, 6.45) is 2.61.